The van der Waals surface area contributed by atoms with Crippen LogP contribution in [0.4, 0.5) is 20.2 Å². The van der Waals surface area contributed by atoms with Crippen molar-refractivity contribution in [2.24, 2.45) is 0 Å². The van der Waals surface area contributed by atoms with Crippen LogP contribution in [-0.4, -0.2) is 7.05 Å². The lowest BCUT2D eigenvalue weighted by atomic mass is 9.81. The summed E-state index contributed by atoms with van der Waals surface area (Å²) in [6.45, 7) is 4.46. The minimum absolute atomic E-state index is 0.106. The van der Waals surface area contributed by atoms with Gasteiger partial charge in [0.15, 0.2) is 0 Å². The smallest absolute Gasteiger partial charge is 0.147 e. The van der Waals surface area contributed by atoms with E-state index in [9.17, 15) is 4.39 Å². The molecule has 0 heterocycles. The van der Waals surface area contributed by atoms with Crippen molar-refractivity contribution in [3.63, 3.8) is 0 Å². The summed E-state index contributed by atoms with van der Waals surface area (Å²) in [6.07, 6.45) is 0. The van der Waals surface area contributed by atoms with E-state index >= 15 is 4.39 Å². The molecule has 3 heteroatoms. The van der Waals surface area contributed by atoms with Crippen molar-refractivity contribution in [1.82, 2.24) is 0 Å². The fourth-order valence-corrected chi connectivity index (χ4v) is 4.70. The Balaban J connectivity index is 1.54. The Kier molecular flexibility index (Phi) is 4.44. The van der Waals surface area contributed by atoms with Gasteiger partial charge < -0.3 is 4.90 Å². The molecule has 0 saturated heterocycles. The maximum Gasteiger partial charge on any atom is 0.147 e. The molecule has 0 unspecified atom stereocenters. The molecule has 4 aromatic rings. The molecular weight excluding hydrogens is 388 g/mol. The predicted octanol–water partition coefficient (Wildman–Crippen LogP) is 7.71. The first-order chi connectivity index (χ1) is 14.9. The maximum atomic E-state index is 15.1. The normalized spacial score (nSPS) is 13.6. The monoisotopic (exact) mass is 411 g/mol. The molecule has 5 rings (SSSR count). The summed E-state index contributed by atoms with van der Waals surface area (Å²) in [5.74, 6) is -0.764. The molecule has 31 heavy (non-hydrogen) atoms. The minimum Gasteiger partial charge on any atom is -0.340 e. The molecular formula is C28H23F2N. The average Bonchev–Trinajstić information content (AvgIpc) is 3.00. The number of rotatable bonds is 3. The summed E-state index contributed by atoms with van der Waals surface area (Å²) in [7, 11) is 1.67. The third-order valence-corrected chi connectivity index (χ3v) is 6.44. The Labute approximate surface area is 181 Å². The fraction of sp³-hybridized carbons (Fsp3) is 0.143. The lowest BCUT2D eigenvalue weighted by Crippen LogP contribution is -2.15. The number of halogens is 2. The highest BCUT2D eigenvalue weighted by molar-refractivity contribution is 5.83. The molecule has 1 aliphatic carbocycles. The van der Waals surface area contributed by atoms with Crippen LogP contribution in [-0.2, 0) is 5.41 Å². The maximum absolute atomic E-state index is 15.1. The zero-order valence-electron chi connectivity index (χ0n) is 17.8. The highest BCUT2D eigenvalue weighted by atomic mass is 19.1. The Bertz CT molecular complexity index is 1310. The van der Waals surface area contributed by atoms with Crippen LogP contribution in [0.3, 0.4) is 0 Å². The first-order valence-electron chi connectivity index (χ1n) is 10.4. The predicted molar refractivity (Wildman–Crippen MR) is 124 cm³/mol. The van der Waals surface area contributed by atoms with E-state index in [4.69, 9.17) is 0 Å². The van der Waals surface area contributed by atoms with Crippen molar-refractivity contribution in [3.05, 3.63) is 108 Å². The summed E-state index contributed by atoms with van der Waals surface area (Å²) in [5.41, 5.74) is 7.41. The van der Waals surface area contributed by atoms with E-state index < -0.39 is 0 Å². The number of fused-ring (bicyclic) bond motifs is 3. The van der Waals surface area contributed by atoms with Crippen molar-refractivity contribution < 1.29 is 8.78 Å². The van der Waals surface area contributed by atoms with Gasteiger partial charge in [0.1, 0.15) is 11.6 Å². The molecule has 0 bridgehead atoms. The number of hydrogen-bond acceptors (Lipinski definition) is 1. The second kappa shape index (κ2) is 7.05. The van der Waals surface area contributed by atoms with Crippen LogP contribution in [0.1, 0.15) is 25.0 Å². The van der Waals surface area contributed by atoms with Gasteiger partial charge in [-0.3, -0.25) is 0 Å². The van der Waals surface area contributed by atoms with E-state index in [1.54, 1.807) is 31.3 Å². The third kappa shape index (κ3) is 3.04. The van der Waals surface area contributed by atoms with Gasteiger partial charge in [0.25, 0.3) is 0 Å². The first-order valence-corrected chi connectivity index (χ1v) is 10.4. The average molecular weight is 411 g/mol. The second-order valence-electron chi connectivity index (χ2n) is 8.61. The van der Waals surface area contributed by atoms with Crippen LogP contribution in [0.25, 0.3) is 22.3 Å². The van der Waals surface area contributed by atoms with Crippen LogP contribution >= 0.6 is 0 Å². The lowest BCUT2D eigenvalue weighted by Gasteiger charge is -2.22. The third-order valence-electron chi connectivity index (χ3n) is 6.44. The van der Waals surface area contributed by atoms with Crippen LogP contribution in [0.2, 0.25) is 0 Å². The second-order valence-corrected chi connectivity index (χ2v) is 8.61. The molecule has 0 spiro atoms. The van der Waals surface area contributed by atoms with Crippen molar-refractivity contribution in [2.75, 3.05) is 11.9 Å². The molecule has 0 atom stereocenters. The quantitative estimate of drug-likeness (QED) is 0.334. The summed E-state index contributed by atoms with van der Waals surface area (Å²) < 4.78 is 29.2. The summed E-state index contributed by atoms with van der Waals surface area (Å²) >= 11 is 0. The summed E-state index contributed by atoms with van der Waals surface area (Å²) in [5, 5.41) is 0. The van der Waals surface area contributed by atoms with E-state index in [0.29, 0.717) is 11.4 Å². The molecule has 0 amide bonds. The molecule has 0 aliphatic heterocycles. The van der Waals surface area contributed by atoms with Crippen LogP contribution in [0.5, 0.6) is 0 Å². The van der Waals surface area contributed by atoms with Gasteiger partial charge in [-0.05, 0) is 63.7 Å². The van der Waals surface area contributed by atoms with Gasteiger partial charge in [-0.15, -0.1) is 0 Å². The van der Waals surface area contributed by atoms with E-state index in [-0.39, 0.29) is 17.0 Å². The Hall–Kier alpha value is -3.46. The van der Waals surface area contributed by atoms with Gasteiger partial charge in [-0.2, -0.15) is 0 Å². The lowest BCUT2D eigenvalue weighted by molar-refractivity contribution is 0.617. The minimum atomic E-state index is -0.383. The fourth-order valence-electron chi connectivity index (χ4n) is 4.70. The van der Waals surface area contributed by atoms with Gasteiger partial charge >= 0.3 is 0 Å². The number of para-hydroxylation sites is 1. The molecule has 0 saturated carbocycles. The van der Waals surface area contributed by atoms with Gasteiger partial charge in [-0.25, -0.2) is 8.78 Å². The van der Waals surface area contributed by atoms with Gasteiger partial charge in [0.05, 0.1) is 11.4 Å². The molecule has 0 radical (unpaired) electrons. The highest BCUT2D eigenvalue weighted by Crippen LogP contribution is 2.49. The Morgan fingerprint density at radius 2 is 1.23 bits per heavy atom. The SMILES string of the molecule is CN(c1ccccc1F)c1ccc(-c2ccc3c(c2)C(C)(C)c2ccccc2-3)cc1F. The van der Waals surface area contributed by atoms with E-state index in [1.165, 1.54) is 39.3 Å². The van der Waals surface area contributed by atoms with E-state index in [2.05, 4.69) is 50.2 Å². The van der Waals surface area contributed by atoms with E-state index in [1.807, 2.05) is 12.1 Å². The molecule has 4 aromatic carbocycles. The first kappa shape index (κ1) is 19.5. The molecule has 1 nitrogen and oxygen atoms in total. The topological polar surface area (TPSA) is 3.24 Å². The Morgan fingerprint density at radius 3 is 2.00 bits per heavy atom. The van der Waals surface area contributed by atoms with Crippen LogP contribution in [0, 0.1) is 11.6 Å². The molecule has 0 N–H and O–H groups in total. The summed E-state index contributed by atoms with van der Waals surface area (Å²) in [6, 6.07) is 26.4. The van der Waals surface area contributed by atoms with Crippen LogP contribution < -0.4 is 4.90 Å². The van der Waals surface area contributed by atoms with Crippen molar-refractivity contribution in [3.8, 4) is 22.3 Å². The Morgan fingerprint density at radius 1 is 0.613 bits per heavy atom. The summed E-state index contributed by atoms with van der Waals surface area (Å²) in [4.78, 5) is 1.54. The highest BCUT2D eigenvalue weighted by Gasteiger charge is 2.35. The van der Waals surface area contributed by atoms with Gasteiger partial charge in [0, 0.05) is 12.5 Å². The number of anilines is 2. The van der Waals surface area contributed by atoms with Crippen LogP contribution in [0.15, 0.2) is 84.9 Å². The zero-order chi connectivity index (χ0) is 21.8. The molecule has 154 valence electrons. The molecule has 0 fully saturated rings. The number of benzene rings is 4. The van der Waals surface area contributed by atoms with E-state index in [0.717, 1.165) is 11.1 Å². The van der Waals surface area contributed by atoms with Crippen molar-refractivity contribution >= 4 is 11.4 Å². The molecule has 1 aliphatic rings. The largest absolute Gasteiger partial charge is 0.340 e. The number of nitrogens with zero attached hydrogens (tertiary/aromatic N) is 1. The zero-order valence-corrected chi connectivity index (χ0v) is 17.8. The van der Waals surface area contributed by atoms with Crippen molar-refractivity contribution in [2.45, 2.75) is 19.3 Å². The number of hydrogen-bond donors (Lipinski definition) is 0. The van der Waals surface area contributed by atoms with Gasteiger partial charge in [0.2, 0.25) is 0 Å². The van der Waals surface area contributed by atoms with Crippen molar-refractivity contribution in [1.29, 1.82) is 0 Å². The standard InChI is InChI=1S/C28H23F2N/c1-28(2)22-9-5-4-8-20(22)21-14-12-18(16-23(21)28)19-13-15-27(25(30)17-19)31(3)26-11-7-6-10-24(26)29/h4-17H,1-3H3. The molecule has 0 aromatic heterocycles. The van der Waals surface area contributed by atoms with Gasteiger partial charge in [-0.1, -0.05) is 68.4 Å².